The van der Waals surface area contributed by atoms with E-state index in [2.05, 4.69) is 18.0 Å². The molecule has 0 spiro atoms. The average Bonchev–Trinajstić information content (AvgIpc) is 2.50. The van der Waals surface area contributed by atoms with E-state index in [1.165, 1.54) is 70.3 Å². The summed E-state index contributed by atoms with van der Waals surface area (Å²) in [6.45, 7) is 4.20. The van der Waals surface area contributed by atoms with E-state index in [0.717, 1.165) is 25.8 Å². The van der Waals surface area contributed by atoms with E-state index in [9.17, 15) is 4.79 Å². The lowest BCUT2D eigenvalue weighted by Gasteiger charge is -2.03. The van der Waals surface area contributed by atoms with Gasteiger partial charge in [-0.2, -0.15) is 5.26 Å². The van der Waals surface area contributed by atoms with Crippen molar-refractivity contribution in [3.05, 3.63) is 12.7 Å². The third-order valence-electron chi connectivity index (χ3n) is 3.70. The van der Waals surface area contributed by atoms with E-state index in [4.69, 9.17) is 5.26 Å². The van der Waals surface area contributed by atoms with E-state index < -0.39 is 0 Å². The van der Waals surface area contributed by atoms with Crippen molar-refractivity contribution in [1.29, 1.82) is 5.26 Å². The summed E-state index contributed by atoms with van der Waals surface area (Å²) in [6, 6.07) is 2.19. The van der Waals surface area contributed by atoms with Crippen LogP contribution in [0.25, 0.3) is 0 Å². The first-order valence-electron chi connectivity index (χ1n) is 8.58. The molecule has 1 amide bonds. The molecule has 0 aliphatic rings. The first-order chi connectivity index (χ1) is 10.3. The van der Waals surface area contributed by atoms with Gasteiger partial charge < -0.3 is 5.32 Å². The van der Waals surface area contributed by atoms with Crippen LogP contribution >= 0.6 is 0 Å². The molecule has 120 valence electrons. The fourth-order valence-electron chi connectivity index (χ4n) is 2.38. The van der Waals surface area contributed by atoms with Crippen LogP contribution < -0.4 is 5.32 Å². The Morgan fingerprint density at radius 3 is 1.71 bits per heavy atom. The lowest BCUT2D eigenvalue weighted by molar-refractivity contribution is -0.116. The first-order valence-corrected chi connectivity index (χ1v) is 8.58. The maximum absolute atomic E-state index is 10.9. The van der Waals surface area contributed by atoms with Gasteiger partial charge in [0.2, 0.25) is 5.91 Å². The van der Waals surface area contributed by atoms with Gasteiger partial charge in [-0.15, -0.1) is 0 Å². The van der Waals surface area contributed by atoms with Crippen LogP contribution in [0.5, 0.6) is 0 Å². The maximum Gasteiger partial charge on any atom is 0.243 e. The molecule has 0 aliphatic carbocycles. The molecule has 0 aromatic rings. The third-order valence-corrected chi connectivity index (χ3v) is 3.70. The predicted octanol–water partition coefficient (Wildman–Crippen LogP) is 4.88. The zero-order valence-electron chi connectivity index (χ0n) is 13.5. The fraction of sp³-hybridized carbons (Fsp3) is 0.778. The van der Waals surface area contributed by atoms with Crippen LogP contribution in [-0.2, 0) is 4.79 Å². The highest BCUT2D eigenvalue weighted by Crippen LogP contribution is 2.12. The number of rotatable bonds is 15. The van der Waals surface area contributed by atoms with Crippen molar-refractivity contribution in [3.63, 3.8) is 0 Å². The highest BCUT2D eigenvalue weighted by Gasteiger charge is 1.95. The Morgan fingerprint density at radius 2 is 1.29 bits per heavy atom. The van der Waals surface area contributed by atoms with Gasteiger partial charge in [-0.25, -0.2) is 0 Å². The van der Waals surface area contributed by atoms with Gasteiger partial charge in [0.25, 0.3) is 0 Å². The van der Waals surface area contributed by atoms with Crippen molar-refractivity contribution >= 4 is 5.91 Å². The molecule has 0 aliphatic heterocycles. The summed E-state index contributed by atoms with van der Waals surface area (Å²) in [4.78, 5) is 10.9. The minimum atomic E-state index is -0.0670. The predicted molar refractivity (Wildman–Crippen MR) is 88.8 cm³/mol. The van der Waals surface area contributed by atoms with Gasteiger partial charge in [-0.05, 0) is 18.9 Å². The molecule has 1 N–H and O–H groups in total. The molecular formula is C18H32N2O. The molecule has 0 fully saturated rings. The summed E-state index contributed by atoms with van der Waals surface area (Å²) in [6.07, 6.45) is 17.2. The van der Waals surface area contributed by atoms with Crippen molar-refractivity contribution in [2.75, 3.05) is 6.54 Å². The molecule has 0 heterocycles. The molecule has 3 nitrogen and oxygen atoms in total. The Bertz CT molecular complexity index is 294. The molecule has 0 bridgehead atoms. The van der Waals surface area contributed by atoms with E-state index >= 15 is 0 Å². The Morgan fingerprint density at radius 1 is 0.857 bits per heavy atom. The number of hydrogen-bond acceptors (Lipinski definition) is 2. The molecule has 0 aromatic carbocycles. The van der Waals surface area contributed by atoms with Crippen LogP contribution in [0.3, 0.4) is 0 Å². The van der Waals surface area contributed by atoms with Crippen molar-refractivity contribution < 1.29 is 4.79 Å². The molecule has 21 heavy (non-hydrogen) atoms. The lowest BCUT2D eigenvalue weighted by Crippen LogP contribution is -2.21. The number of hydrogen-bond donors (Lipinski definition) is 1. The minimum absolute atomic E-state index is 0.0670. The van der Waals surface area contributed by atoms with Crippen molar-refractivity contribution in [2.24, 2.45) is 0 Å². The largest absolute Gasteiger partial charge is 0.353 e. The highest BCUT2D eigenvalue weighted by atomic mass is 16.1. The summed E-state index contributed by atoms with van der Waals surface area (Å²) in [5.41, 5.74) is 0. The molecule has 0 atom stereocenters. The second-order valence-corrected chi connectivity index (χ2v) is 5.65. The quantitative estimate of drug-likeness (QED) is 0.345. The number of carbonyl (C=O) groups excluding carboxylic acids is 1. The summed E-state index contributed by atoms with van der Waals surface area (Å²) < 4.78 is 0. The number of nitrogens with zero attached hydrogens (tertiary/aromatic N) is 1. The standard InChI is InChI=1S/C18H32N2O/c1-2-18(21)20-17-15-13-11-9-7-5-3-4-6-8-10-12-14-16-19/h2H,1,3-15,17H2,(H,20,21). The van der Waals surface area contributed by atoms with Gasteiger partial charge in [0, 0.05) is 13.0 Å². The van der Waals surface area contributed by atoms with Crippen LogP contribution in [0.1, 0.15) is 83.5 Å². The van der Waals surface area contributed by atoms with Gasteiger partial charge in [-0.1, -0.05) is 70.8 Å². The van der Waals surface area contributed by atoms with Gasteiger partial charge in [0.15, 0.2) is 0 Å². The summed E-state index contributed by atoms with van der Waals surface area (Å²) >= 11 is 0. The lowest BCUT2D eigenvalue weighted by atomic mass is 10.0. The topological polar surface area (TPSA) is 52.9 Å². The zero-order chi connectivity index (χ0) is 15.6. The number of nitriles is 1. The van der Waals surface area contributed by atoms with E-state index in [1.807, 2.05) is 0 Å². The Labute approximate surface area is 130 Å². The number of amides is 1. The number of nitrogens with one attached hydrogen (secondary N) is 1. The highest BCUT2D eigenvalue weighted by molar-refractivity contribution is 5.86. The van der Waals surface area contributed by atoms with E-state index in [0.29, 0.717) is 0 Å². The molecule has 0 unspecified atom stereocenters. The summed E-state index contributed by atoms with van der Waals surface area (Å²) in [7, 11) is 0. The van der Waals surface area contributed by atoms with Gasteiger partial charge in [-0.3, -0.25) is 4.79 Å². The third kappa shape index (κ3) is 16.6. The van der Waals surface area contributed by atoms with Crippen LogP contribution in [0.4, 0.5) is 0 Å². The molecule has 0 radical (unpaired) electrons. The van der Waals surface area contributed by atoms with E-state index in [1.54, 1.807) is 0 Å². The maximum atomic E-state index is 10.9. The van der Waals surface area contributed by atoms with Crippen molar-refractivity contribution in [2.45, 2.75) is 83.5 Å². The Hall–Kier alpha value is -1.30. The second-order valence-electron chi connectivity index (χ2n) is 5.65. The summed E-state index contributed by atoms with van der Waals surface area (Å²) in [5.74, 6) is -0.0670. The van der Waals surface area contributed by atoms with E-state index in [-0.39, 0.29) is 5.91 Å². The van der Waals surface area contributed by atoms with Crippen LogP contribution in [-0.4, -0.2) is 12.5 Å². The van der Waals surface area contributed by atoms with Gasteiger partial charge in [0.05, 0.1) is 6.07 Å². The fourth-order valence-corrected chi connectivity index (χ4v) is 2.38. The molecular weight excluding hydrogens is 260 g/mol. The van der Waals surface area contributed by atoms with Crippen LogP contribution in [0, 0.1) is 11.3 Å². The Kier molecular flexibility index (Phi) is 15.7. The van der Waals surface area contributed by atoms with Crippen molar-refractivity contribution in [1.82, 2.24) is 5.32 Å². The molecule has 3 heteroatoms. The Balaban J connectivity index is 3.01. The first kappa shape index (κ1) is 19.7. The number of unbranched alkanes of at least 4 members (excludes halogenated alkanes) is 12. The minimum Gasteiger partial charge on any atom is -0.353 e. The monoisotopic (exact) mass is 292 g/mol. The molecule has 0 aromatic heterocycles. The molecule has 0 saturated carbocycles. The van der Waals surface area contributed by atoms with Gasteiger partial charge >= 0.3 is 0 Å². The van der Waals surface area contributed by atoms with Crippen molar-refractivity contribution in [3.8, 4) is 6.07 Å². The normalized spacial score (nSPS) is 10.0. The average molecular weight is 292 g/mol. The molecule has 0 saturated heterocycles. The summed E-state index contributed by atoms with van der Waals surface area (Å²) in [5, 5.41) is 11.2. The van der Waals surface area contributed by atoms with Crippen LogP contribution in [0.15, 0.2) is 12.7 Å². The molecule has 0 rings (SSSR count). The zero-order valence-corrected chi connectivity index (χ0v) is 13.5. The smallest absolute Gasteiger partial charge is 0.243 e. The van der Waals surface area contributed by atoms with Crippen LogP contribution in [0.2, 0.25) is 0 Å². The second kappa shape index (κ2) is 16.8. The number of carbonyl (C=O) groups is 1. The SMILES string of the molecule is C=CC(=O)NCCCCCCCCCCCCCCC#N. The van der Waals surface area contributed by atoms with Gasteiger partial charge in [0.1, 0.15) is 0 Å².